The van der Waals surface area contributed by atoms with Gasteiger partial charge < -0.3 is 5.32 Å². The third kappa shape index (κ3) is 2.85. The fourth-order valence-corrected chi connectivity index (χ4v) is 2.11. The molecule has 1 amide bonds. The van der Waals surface area contributed by atoms with E-state index in [2.05, 4.69) is 15.5 Å². The minimum Gasteiger partial charge on any atom is -0.309 e. The van der Waals surface area contributed by atoms with Crippen molar-refractivity contribution >= 4 is 23.3 Å². The summed E-state index contributed by atoms with van der Waals surface area (Å²) in [4.78, 5) is 12.1. The first-order valence-corrected chi connectivity index (χ1v) is 6.80. The third-order valence-electron chi connectivity index (χ3n) is 3.01. The summed E-state index contributed by atoms with van der Waals surface area (Å²) in [5, 5.41) is 11.8. The highest BCUT2D eigenvalue weighted by molar-refractivity contribution is 6.31. The van der Waals surface area contributed by atoms with Crippen LogP contribution in [0.1, 0.15) is 31.3 Å². The Kier molecular flexibility index (Phi) is 4.13. The van der Waals surface area contributed by atoms with Crippen molar-refractivity contribution in [1.29, 1.82) is 0 Å². The molecule has 0 saturated carbocycles. The van der Waals surface area contributed by atoms with Crippen LogP contribution in [-0.4, -0.2) is 25.5 Å². The van der Waals surface area contributed by atoms with Crippen molar-refractivity contribution < 1.29 is 4.79 Å². The number of carbonyl (C=O) groups excluding carboxylic acids is 1. The van der Waals surface area contributed by atoms with Crippen LogP contribution >= 0.6 is 11.6 Å². The highest BCUT2D eigenvalue weighted by Crippen LogP contribution is 2.19. The molecule has 6 nitrogen and oxygen atoms in total. The van der Waals surface area contributed by atoms with Gasteiger partial charge in [0.05, 0.1) is 22.6 Å². The zero-order chi connectivity index (χ0) is 14.9. The molecule has 0 atom stereocenters. The van der Waals surface area contributed by atoms with E-state index in [1.54, 1.807) is 21.6 Å². The summed E-state index contributed by atoms with van der Waals surface area (Å²) in [6.45, 7) is 7.79. The Labute approximate surface area is 122 Å². The first-order valence-electron chi connectivity index (χ1n) is 6.43. The van der Waals surface area contributed by atoms with Gasteiger partial charge in [0.1, 0.15) is 12.4 Å². The van der Waals surface area contributed by atoms with Crippen LogP contribution in [0.4, 0.5) is 5.82 Å². The van der Waals surface area contributed by atoms with E-state index in [4.69, 9.17) is 11.6 Å². The van der Waals surface area contributed by atoms with Crippen LogP contribution in [-0.2, 0) is 11.3 Å². The number of aryl methyl sites for hydroxylation is 1. The Morgan fingerprint density at radius 1 is 1.45 bits per heavy atom. The molecule has 0 bridgehead atoms. The molecule has 108 valence electrons. The zero-order valence-electron chi connectivity index (χ0n) is 12.0. The molecule has 2 heterocycles. The molecule has 2 aromatic rings. The first-order chi connectivity index (χ1) is 9.40. The van der Waals surface area contributed by atoms with Crippen LogP contribution in [0.25, 0.3) is 0 Å². The molecule has 0 spiro atoms. The second-order valence-electron chi connectivity index (χ2n) is 4.95. The molecule has 7 heteroatoms. The number of hydrogen-bond acceptors (Lipinski definition) is 3. The lowest BCUT2D eigenvalue weighted by Gasteiger charge is -2.12. The van der Waals surface area contributed by atoms with E-state index in [-0.39, 0.29) is 18.5 Å². The van der Waals surface area contributed by atoms with E-state index in [0.29, 0.717) is 10.8 Å². The van der Waals surface area contributed by atoms with Gasteiger partial charge in [0.15, 0.2) is 0 Å². The fraction of sp³-hybridized carbons (Fsp3) is 0.462. The number of anilines is 1. The Hall–Kier alpha value is -1.82. The molecule has 2 rings (SSSR count). The van der Waals surface area contributed by atoms with Crippen molar-refractivity contribution in [3.8, 4) is 0 Å². The van der Waals surface area contributed by atoms with E-state index in [9.17, 15) is 4.79 Å². The number of rotatable bonds is 4. The van der Waals surface area contributed by atoms with Crippen LogP contribution < -0.4 is 5.32 Å². The van der Waals surface area contributed by atoms with Gasteiger partial charge in [-0.05, 0) is 27.7 Å². The predicted octanol–water partition coefficient (Wildman–Crippen LogP) is 2.57. The number of nitrogens with one attached hydrogen (secondary N) is 1. The standard InChI is InChI=1S/C13H18ClN5O/c1-8(2)19-11(5-6-15-19)16-12(20)7-18-10(4)13(14)9(3)17-18/h5-6,8H,7H2,1-4H3,(H,16,20). The highest BCUT2D eigenvalue weighted by atomic mass is 35.5. The Balaban J connectivity index is 2.09. The molecule has 0 unspecified atom stereocenters. The molecule has 0 aliphatic rings. The van der Waals surface area contributed by atoms with Gasteiger partial charge in [0.2, 0.25) is 5.91 Å². The molecule has 0 aliphatic heterocycles. The molecule has 0 saturated heterocycles. The van der Waals surface area contributed by atoms with Gasteiger partial charge in [-0.15, -0.1) is 0 Å². The summed E-state index contributed by atoms with van der Waals surface area (Å²) >= 11 is 6.06. The van der Waals surface area contributed by atoms with Crippen molar-refractivity contribution in [2.75, 3.05) is 5.32 Å². The van der Waals surface area contributed by atoms with Crippen molar-refractivity contribution in [2.45, 2.75) is 40.3 Å². The predicted molar refractivity (Wildman–Crippen MR) is 78.0 cm³/mol. The van der Waals surface area contributed by atoms with Crippen molar-refractivity contribution in [1.82, 2.24) is 19.6 Å². The normalized spacial score (nSPS) is 11.1. The minimum atomic E-state index is -0.158. The highest BCUT2D eigenvalue weighted by Gasteiger charge is 2.14. The largest absolute Gasteiger partial charge is 0.309 e. The molecule has 0 aromatic carbocycles. The Morgan fingerprint density at radius 2 is 2.15 bits per heavy atom. The summed E-state index contributed by atoms with van der Waals surface area (Å²) in [6.07, 6.45) is 1.66. The maximum Gasteiger partial charge on any atom is 0.247 e. The SMILES string of the molecule is Cc1nn(CC(=O)Nc2ccnn2C(C)C)c(C)c1Cl. The number of amides is 1. The average Bonchev–Trinajstić information content (AvgIpc) is 2.91. The van der Waals surface area contributed by atoms with Crippen molar-refractivity contribution in [2.24, 2.45) is 0 Å². The Bertz CT molecular complexity index is 629. The molecular weight excluding hydrogens is 278 g/mol. The Morgan fingerprint density at radius 3 is 2.70 bits per heavy atom. The lowest BCUT2D eigenvalue weighted by atomic mass is 10.4. The molecule has 0 fully saturated rings. The zero-order valence-corrected chi connectivity index (χ0v) is 12.8. The maximum atomic E-state index is 12.1. The van der Waals surface area contributed by atoms with Gasteiger partial charge in [-0.2, -0.15) is 10.2 Å². The van der Waals surface area contributed by atoms with E-state index >= 15 is 0 Å². The molecule has 20 heavy (non-hydrogen) atoms. The van der Waals surface area contributed by atoms with Gasteiger partial charge in [0, 0.05) is 12.1 Å². The van der Waals surface area contributed by atoms with Crippen LogP contribution in [0.3, 0.4) is 0 Å². The fourth-order valence-electron chi connectivity index (χ4n) is 1.97. The second kappa shape index (κ2) is 5.66. The minimum absolute atomic E-state index is 0.128. The van der Waals surface area contributed by atoms with Gasteiger partial charge in [-0.25, -0.2) is 4.68 Å². The van der Waals surface area contributed by atoms with Crippen LogP contribution in [0.5, 0.6) is 0 Å². The van der Waals surface area contributed by atoms with Gasteiger partial charge in [-0.3, -0.25) is 9.48 Å². The van der Waals surface area contributed by atoms with Gasteiger partial charge in [-0.1, -0.05) is 11.6 Å². The molecule has 1 N–H and O–H groups in total. The summed E-state index contributed by atoms with van der Waals surface area (Å²) in [5.74, 6) is 0.521. The number of nitrogens with zero attached hydrogens (tertiary/aromatic N) is 4. The topological polar surface area (TPSA) is 64.7 Å². The summed E-state index contributed by atoms with van der Waals surface area (Å²) < 4.78 is 3.36. The van der Waals surface area contributed by atoms with Crippen LogP contribution in [0.2, 0.25) is 5.02 Å². The summed E-state index contributed by atoms with van der Waals surface area (Å²) in [6, 6.07) is 1.95. The third-order valence-corrected chi connectivity index (χ3v) is 3.56. The lowest BCUT2D eigenvalue weighted by molar-refractivity contribution is -0.117. The van der Waals surface area contributed by atoms with Gasteiger partial charge in [0.25, 0.3) is 0 Å². The average molecular weight is 296 g/mol. The van der Waals surface area contributed by atoms with Crippen LogP contribution in [0, 0.1) is 13.8 Å². The van der Waals surface area contributed by atoms with E-state index in [1.807, 2.05) is 27.7 Å². The van der Waals surface area contributed by atoms with Gasteiger partial charge >= 0.3 is 0 Å². The summed E-state index contributed by atoms with van der Waals surface area (Å²) in [5.41, 5.74) is 1.51. The van der Waals surface area contributed by atoms with E-state index in [1.165, 1.54) is 0 Å². The quantitative estimate of drug-likeness (QED) is 0.943. The monoisotopic (exact) mass is 295 g/mol. The van der Waals surface area contributed by atoms with Crippen LogP contribution in [0.15, 0.2) is 12.3 Å². The smallest absolute Gasteiger partial charge is 0.247 e. The van der Waals surface area contributed by atoms with E-state index in [0.717, 1.165) is 11.4 Å². The summed E-state index contributed by atoms with van der Waals surface area (Å²) in [7, 11) is 0. The molecular formula is C13H18ClN5O. The number of aromatic nitrogens is 4. The van der Waals surface area contributed by atoms with Crippen molar-refractivity contribution in [3.05, 3.63) is 28.7 Å². The second-order valence-corrected chi connectivity index (χ2v) is 5.32. The number of halogens is 1. The van der Waals surface area contributed by atoms with Crippen molar-refractivity contribution in [3.63, 3.8) is 0 Å². The maximum absolute atomic E-state index is 12.1. The molecule has 2 aromatic heterocycles. The number of carbonyl (C=O) groups is 1. The number of hydrogen-bond donors (Lipinski definition) is 1. The molecule has 0 radical (unpaired) electrons. The molecule has 0 aliphatic carbocycles. The first kappa shape index (κ1) is 14.6. The van der Waals surface area contributed by atoms with E-state index < -0.39 is 0 Å². The lowest BCUT2D eigenvalue weighted by Crippen LogP contribution is -2.22.